The second-order valence-electron chi connectivity index (χ2n) is 8.83. The average Bonchev–Trinajstić information content (AvgIpc) is 2.93. The molecule has 0 radical (unpaired) electrons. The van der Waals surface area contributed by atoms with Crippen molar-refractivity contribution in [1.82, 2.24) is 23.8 Å². The zero-order valence-electron chi connectivity index (χ0n) is 22.1. The van der Waals surface area contributed by atoms with Gasteiger partial charge in [0.25, 0.3) is 5.56 Å². The lowest BCUT2D eigenvalue weighted by Crippen LogP contribution is -2.23. The normalized spacial score (nSPS) is 11.3. The maximum Gasteiger partial charge on any atom is 0.267 e. The number of nitrogens with two attached hydrogens (primary N) is 2. The third-order valence-corrected chi connectivity index (χ3v) is 8.13. The monoisotopic (exact) mass is 577 g/mol. The standard InChI is InChI=1S/C16H13ClN2O.C12H15N5O2S/c1-2-14-18-13-10-6-9-12(17)15(13)16(20)19(14)11-7-4-3-5-8-11;1-17(2)20(18,19)9-5-3-4-8(6-9)10-7-15-12(14)16-11(10)13/h3-10H,2H2,1H3;3-7H,1-2H3,(H4,13,14,15,16). The van der Waals surface area contributed by atoms with Gasteiger partial charge in [-0.3, -0.25) is 9.36 Å². The van der Waals surface area contributed by atoms with Gasteiger partial charge in [0, 0.05) is 32.3 Å². The van der Waals surface area contributed by atoms with Crippen molar-refractivity contribution < 1.29 is 8.42 Å². The molecule has 3 aromatic carbocycles. The first-order chi connectivity index (χ1) is 19.0. The Morgan fingerprint density at radius 3 is 2.30 bits per heavy atom. The quantitative estimate of drug-likeness (QED) is 0.316. The molecule has 12 heteroatoms. The van der Waals surface area contributed by atoms with Gasteiger partial charge < -0.3 is 11.5 Å². The molecule has 0 amide bonds. The van der Waals surface area contributed by atoms with Crippen molar-refractivity contribution >= 4 is 44.3 Å². The van der Waals surface area contributed by atoms with Gasteiger partial charge in [-0.1, -0.05) is 54.9 Å². The van der Waals surface area contributed by atoms with Gasteiger partial charge in [-0.15, -0.1) is 0 Å². The van der Waals surface area contributed by atoms with E-state index < -0.39 is 10.0 Å². The number of benzene rings is 3. The van der Waals surface area contributed by atoms with Crippen LogP contribution in [0, 0.1) is 0 Å². The summed E-state index contributed by atoms with van der Waals surface area (Å²) in [5, 5.41) is 0.905. The first-order valence-electron chi connectivity index (χ1n) is 12.2. The van der Waals surface area contributed by atoms with Crippen LogP contribution in [0.2, 0.25) is 5.02 Å². The van der Waals surface area contributed by atoms with E-state index in [4.69, 9.17) is 23.1 Å². The van der Waals surface area contributed by atoms with Gasteiger partial charge in [-0.05, 0) is 42.0 Å². The molecule has 0 atom stereocenters. The molecule has 0 aliphatic heterocycles. The van der Waals surface area contributed by atoms with E-state index in [2.05, 4.69) is 15.0 Å². The molecule has 0 unspecified atom stereocenters. The van der Waals surface area contributed by atoms with Crippen LogP contribution in [0.15, 0.2) is 88.7 Å². The summed E-state index contributed by atoms with van der Waals surface area (Å²) in [5.41, 5.74) is 13.7. The number of hydrogen-bond donors (Lipinski definition) is 2. The maximum atomic E-state index is 12.8. The fraction of sp³-hybridized carbons (Fsp3) is 0.143. The van der Waals surface area contributed by atoms with Gasteiger partial charge in [-0.25, -0.2) is 22.7 Å². The van der Waals surface area contributed by atoms with Crippen LogP contribution in [0.25, 0.3) is 27.7 Å². The van der Waals surface area contributed by atoms with Gasteiger partial charge in [0.1, 0.15) is 11.6 Å². The fourth-order valence-corrected chi connectivity index (χ4v) is 5.18. The minimum Gasteiger partial charge on any atom is -0.383 e. The van der Waals surface area contributed by atoms with Crippen LogP contribution in [-0.4, -0.2) is 46.3 Å². The number of sulfonamides is 1. The molecule has 4 N–H and O–H groups in total. The van der Waals surface area contributed by atoms with Gasteiger partial charge >= 0.3 is 0 Å². The van der Waals surface area contributed by atoms with Crippen molar-refractivity contribution in [2.45, 2.75) is 18.2 Å². The first kappa shape index (κ1) is 28.7. The molecule has 0 aliphatic rings. The zero-order chi connectivity index (χ0) is 29.0. The molecule has 2 aromatic heterocycles. The predicted molar refractivity (Wildman–Crippen MR) is 159 cm³/mol. The molecule has 10 nitrogen and oxygen atoms in total. The minimum absolute atomic E-state index is 0.0725. The van der Waals surface area contributed by atoms with Crippen molar-refractivity contribution in [3.8, 4) is 16.8 Å². The highest BCUT2D eigenvalue weighted by Gasteiger charge is 2.18. The smallest absolute Gasteiger partial charge is 0.267 e. The topological polar surface area (TPSA) is 150 Å². The van der Waals surface area contributed by atoms with Crippen molar-refractivity contribution in [3.63, 3.8) is 0 Å². The molecular weight excluding hydrogens is 550 g/mol. The van der Waals surface area contributed by atoms with Crippen LogP contribution in [0.5, 0.6) is 0 Å². The van der Waals surface area contributed by atoms with Crippen LogP contribution in [0.1, 0.15) is 12.7 Å². The summed E-state index contributed by atoms with van der Waals surface area (Å²) in [4.78, 5) is 25.2. The summed E-state index contributed by atoms with van der Waals surface area (Å²) in [6.07, 6.45) is 2.14. The molecule has 0 spiro atoms. The summed E-state index contributed by atoms with van der Waals surface area (Å²) in [7, 11) is -0.552. The Labute approximate surface area is 237 Å². The highest BCUT2D eigenvalue weighted by atomic mass is 35.5. The molecule has 0 aliphatic carbocycles. The zero-order valence-corrected chi connectivity index (χ0v) is 23.7. The van der Waals surface area contributed by atoms with Crippen molar-refractivity contribution in [3.05, 3.63) is 100 Å². The van der Waals surface area contributed by atoms with E-state index in [0.717, 1.165) is 15.8 Å². The largest absolute Gasteiger partial charge is 0.383 e. The highest BCUT2D eigenvalue weighted by Crippen LogP contribution is 2.27. The van der Waals surface area contributed by atoms with Gasteiger partial charge in [0.2, 0.25) is 16.0 Å². The Bertz CT molecular complexity index is 1840. The van der Waals surface area contributed by atoms with Crippen molar-refractivity contribution in [1.29, 1.82) is 0 Å². The molecule has 5 aromatic rings. The number of aromatic nitrogens is 4. The molecule has 5 rings (SSSR count). The second kappa shape index (κ2) is 11.8. The Balaban J connectivity index is 0.000000185. The van der Waals surface area contributed by atoms with Gasteiger partial charge in [0.05, 0.1) is 26.5 Å². The summed E-state index contributed by atoms with van der Waals surface area (Å²) >= 11 is 6.16. The third-order valence-electron chi connectivity index (χ3n) is 6.01. The number of rotatable bonds is 5. The molecule has 2 heterocycles. The lowest BCUT2D eigenvalue weighted by atomic mass is 10.1. The van der Waals surface area contributed by atoms with Crippen molar-refractivity contribution in [2.75, 3.05) is 25.6 Å². The Hall–Kier alpha value is -4.32. The SMILES string of the molecule is CCc1nc2cccc(Cl)c2c(=O)n1-c1ccccc1.CN(C)S(=O)(=O)c1cccc(-c2cnc(N)nc2N)c1. The van der Waals surface area contributed by atoms with Crippen molar-refractivity contribution in [2.24, 2.45) is 0 Å². The number of hydrogen-bond acceptors (Lipinski definition) is 8. The lowest BCUT2D eigenvalue weighted by molar-refractivity contribution is 0.521. The third kappa shape index (κ3) is 5.81. The average molecular weight is 578 g/mol. The Morgan fingerprint density at radius 1 is 0.950 bits per heavy atom. The number of halogens is 1. The first-order valence-corrected chi connectivity index (χ1v) is 14.0. The van der Waals surface area contributed by atoms with E-state index in [9.17, 15) is 13.2 Å². The number of para-hydroxylation sites is 1. The lowest BCUT2D eigenvalue weighted by Gasteiger charge is -2.12. The Morgan fingerprint density at radius 2 is 1.65 bits per heavy atom. The molecule has 206 valence electrons. The van der Waals surface area contributed by atoms with Crippen LogP contribution in [0.4, 0.5) is 11.8 Å². The summed E-state index contributed by atoms with van der Waals surface area (Å²) in [5.74, 6) is 1.01. The molecule has 0 fully saturated rings. The number of aryl methyl sites for hydroxylation is 1. The number of nitrogen functional groups attached to an aromatic ring is 2. The summed E-state index contributed by atoms with van der Waals surface area (Å²) < 4.78 is 27.0. The number of fused-ring (bicyclic) bond motifs is 1. The van der Waals surface area contributed by atoms with Gasteiger partial charge in [0.15, 0.2) is 0 Å². The van der Waals surface area contributed by atoms with Crippen LogP contribution >= 0.6 is 11.6 Å². The van der Waals surface area contributed by atoms with Crippen LogP contribution < -0.4 is 17.0 Å². The molecule has 0 bridgehead atoms. The van der Waals surface area contributed by atoms with E-state index in [1.165, 1.54) is 32.4 Å². The van der Waals surface area contributed by atoms with Crippen LogP contribution in [-0.2, 0) is 16.4 Å². The molecule has 0 saturated heterocycles. The minimum atomic E-state index is -3.50. The summed E-state index contributed by atoms with van der Waals surface area (Å²) in [6, 6.07) is 21.3. The van der Waals surface area contributed by atoms with Crippen LogP contribution in [0.3, 0.4) is 0 Å². The molecule has 40 heavy (non-hydrogen) atoms. The van der Waals surface area contributed by atoms with Gasteiger partial charge in [-0.2, -0.15) is 4.98 Å². The highest BCUT2D eigenvalue weighted by molar-refractivity contribution is 7.89. The van der Waals surface area contributed by atoms with E-state index in [-0.39, 0.29) is 22.2 Å². The van der Waals surface area contributed by atoms with E-state index in [0.29, 0.717) is 33.5 Å². The molecule has 0 saturated carbocycles. The number of nitrogens with zero attached hydrogens (tertiary/aromatic N) is 5. The summed E-state index contributed by atoms with van der Waals surface area (Å²) in [6.45, 7) is 1.98. The Kier molecular flexibility index (Phi) is 8.48. The van der Waals surface area contributed by atoms with E-state index in [1.54, 1.807) is 22.8 Å². The van der Waals surface area contributed by atoms with E-state index in [1.807, 2.05) is 49.4 Å². The second-order valence-corrected chi connectivity index (χ2v) is 11.4. The van der Waals surface area contributed by atoms with E-state index >= 15 is 0 Å². The fourth-order valence-electron chi connectivity index (χ4n) is 3.98. The molecular formula is C28H28ClN7O3S. The number of anilines is 2. The predicted octanol–water partition coefficient (Wildman–Crippen LogP) is 4.16. The maximum absolute atomic E-state index is 12.8.